The Bertz CT molecular complexity index is 1330. The summed E-state index contributed by atoms with van der Waals surface area (Å²) in [7, 11) is 0. The zero-order chi connectivity index (χ0) is 50.7. The predicted octanol–water partition coefficient (Wildman–Crippen LogP) is 14.1. The number of hydrogen-bond acceptors (Lipinski definition) is 11. The van der Waals surface area contributed by atoms with Crippen molar-refractivity contribution in [3.63, 3.8) is 0 Å². The Hall–Kier alpha value is -1.06. The first-order valence-electron chi connectivity index (χ1n) is 29.2. The van der Waals surface area contributed by atoms with Gasteiger partial charge in [-0.3, -0.25) is 0 Å². The van der Waals surface area contributed by atoms with Crippen molar-refractivity contribution in [3.05, 3.63) is 24.3 Å². The number of hydrogen-bond donors (Lipinski definition) is 7. The first-order chi connectivity index (χ1) is 34.2. The summed E-state index contributed by atoms with van der Waals surface area (Å²) >= 11 is 6.98. The molecule has 0 saturated carbocycles. The van der Waals surface area contributed by atoms with E-state index >= 15 is 0 Å². The van der Waals surface area contributed by atoms with E-state index in [0.717, 1.165) is 42.7 Å². The summed E-state index contributed by atoms with van der Waals surface area (Å²) in [5, 5.41) is 61.6. The number of aliphatic hydroxyl groups is 5. The van der Waals surface area contributed by atoms with Gasteiger partial charge in [-0.05, 0) is 56.1 Å². The summed E-state index contributed by atoms with van der Waals surface area (Å²) in [6.07, 6.45) is 40.6. The molecule has 1 saturated heterocycles. The second-order valence-corrected chi connectivity index (χ2v) is 22.0. The lowest BCUT2D eigenvalue weighted by Crippen LogP contribution is -2.60. The molecular formula is C58H108N2O8S2. The molecule has 0 aromatic heterocycles. The van der Waals surface area contributed by atoms with E-state index in [0.29, 0.717) is 13.0 Å². The Kier molecular flexibility index (Phi) is 42.1. The lowest BCUT2D eigenvalue weighted by molar-refractivity contribution is -0.302. The Morgan fingerprint density at radius 1 is 0.600 bits per heavy atom. The monoisotopic (exact) mass is 1020 g/mol. The number of aliphatic hydroxyl groups excluding tert-OH is 5. The van der Waals surface area contributed by atoms with Crippen molar-refractivity contribution in [2.24, 2.45) is 0 Å². The van der Waals surface area contributed by atoms with Crippen molar-refractivity contribution in [1.82, 2.24) is 5.32 Å². The van der Waals surface area contributed by atoms with Gasteiger partial charge in [0, 0.05) is 10.6 Å². The maximum Gasteiger partial charge on any atom is 0.261 e. The summed E-state index contributed by atoms with van der Waals surface area (Å²) in [6, 6.07) is 7.06. The number of benzene rings is 1. The van der Waals surface area contributed by atoms with E-state index in [-0.39, 0.29) is 18.4 Å². The van der Waals surface area contributed by atoms with E-state index in [1.165, 1.54) is 199 Å². The predicted molar refractivity (Wildman–Crippen MR) is 299 cm³/mol. The van der Waals surface area contributed by atoms with Gasteiger partial charge in [-0.1, -0.05) is 245 Å². The fourth-order valence-electron chi connectivity index (χ4n) is 9.69. The average molecular weight is 1030 g/mol. The molecule has 0 unspecified atom stereocenters. The third-order valence-corrected chi connectivity index (χ3v) is 15.3. The molecule has 1 heterocycles. The Balaban J connectivity index is 1.70. The Morgan fingerprint density at radius 3 is 1.47 bits per heavy atom. The molecule has 70 heavy (non-hydrogen) atoms. The first-order valence-corrected chi connectivity index (χ1v) is 30.8. The Labute approximate surface area is 438 Å². The summed E-state index contributed by atoms with van der Waals surface area (Å²) in [4.78, 5) is 1.06. The van der Waals surface area contributed by atoms with Crippen LogP contribution in [0.5, 0.6) is 0 Å². The quantitative estimate of drug-likeness (QED) is 0.0189. The summed E-state index contributed by atoms with van der Waals surface area (Å²) in [5.41, 5.74) is 0.753. The highest BCUT2D eigenvalue weighted by molar-refractivity contribution is 7.98. The largest absolute Gasteiger partial charge is 0.468 e. The minimum atomic E-state index is -1.56. The van der Waals surface area contributed by atoms with Crippen molar-refractivity contribution in [2.45, 2.75) is 305 Å². The minimum absolute atomic E-state index is 0.0717. The molecule has 0 aliphatic carbocycles. The van der Waals surface area contributed by atoms with Crippen LogP contribution in [0.25, 0.3) is 0 Å². The van der Waals surface area contributed by atoms with Gasteiger partial charge in [0.15, 0.2) is 6.29 Å². The van der Waals surface area contributed by atoms with Crippen LogP contribution < -0.4 is 10.6 Å². The number of unbranched alkanes of at least 4 members (excludes halogenated alkanes) is 34. The molecule has 7 N–H and O–H groups in total. The van der Waals surface area contributed by atoms with Crippen molar-refractivity contribution < 1.29 is 39.7 Å². The van der Waals surface area contributed by atoms with Crippen LogP contribution in [-0.4, -0.2) is 106 Å². The van der Waals surface area contributed by atoms with Crippen LogP contribution in [-0.2, 0) is 14.2 Å². The molecule has 1 aromatic rings. The summed E-state index contributed by atoms with van der Waals surface area (Å²) in [5.74, 6) is 0. The van der Waals surface area contributed by atoms with E-state index in [1.807, 2.05) is 30.5 Å². The third kappa shape index (κ3) is 33.0. The highest BCUT2D eigenvalue weighted by Gasteiger charge is 2.45. The second-order valence-electron chi connectivity index (χ2n) is 20.7. The van der Waals surface area contributed by atoms with Gasteiger partial charge in [-0.25, -0.2) is 0 Å². The van der Waals surface area contributed by atoms with Gasteiger partial charge >= 0.3 is 0 Å². The van der Waals surface area contributed by atoms with Gasteiger partial charge in [0.05, 0.1) is 24.9 Å². The molecule has 1 aliphatic rings. The zero-order valence-electron chi connectivity index (χ0n) is 45.0. The van der Waals surface area contributed by atoms with Crippen LogP contribution in [0.1, 0.15) is 251 Å². The molecule has 0 amide bonds. The fraction of sp³-hybridized carbons (Fsp3) is 0.879. The van der Waals surface area contributed by atoms with E-state index in [2.05, 4.69) is 24.5 Å². The Morgan fingerprint density at radius 2 is 1.03 bits per heavy atom. The van der Waals surface area contributed by atoms with Gasteiger partial charge in [-0.2, -0.15) is 0 Å². The summed E-state index contributed by atoms with van der Waals surface area (Å²) in [6.45, 7) is 4.91. The van der Waals surface area contributed by atoms with E-state index in [4.69, 9.17) is 26.4 Å². The molecule has 1 aliphatic heterocycles. The highest BCUT2D eigenvalue weighted by atomic mass is 32.2. The standard InChI is InChI=1S/C58H108N2O8S2/c1-4-6-8-10-12-14-16-18-19-20-21-22-23-24-25-26-27-28-29-31-33-35-37-39-44-59-50(53(62)51(61)43-38-36-34-32-30-17-15-13-11-9-7-5-2)46-66-57-56(65)55(64)54(63)52(68-57)47-67-58(69)60-48-41-40-42-49(45-48)70-3/h40-42,45,50-57,59,61-65H,4-39,43-44,46-47H2,1-3H3,(H,60,69)/t50-,51+,52+,53-,54-,55-,56+,57-/m0/s1. The maximum atomic E-state index is 11.5. The van der Waals surface area contributed by atoms with Gasteiger partial charge < -0.3 is 50.4 Å². The number of thioether (sulfide) groups is 1. The van der Waals surface area contributed by atoms with Crippen LogP contribution in [0.15, 0.2) is 29.2 Å². The van der Waals surface area contributed by atoms with Crippen molar-refractivity contribution in [1.29, 1.82) is 0 Å². The van der Waals surface area contributed by atoms with E-state index in [1.54, 1.807) is 11.8 Å². The van der Waals surface area contributed by atoms with Gasteiger partial charge in [0.25, 0.3) is 5.17 Å². The molecule has 12 heteroatoms. The number of nitrogens with one attached hydrogen (secondary N) is 2. The van der Waals surface area contributed by atoms with Gasteiger partial charge in [0.1, 0.15) is 31.0 Å². The molecule has 8 atom stereocenters. The lowest BCUT2D eigenvalue weighted by atomic mass is 9.98. The van der Waals surface area contributed by atoms with Crippen LogP contribution in [0, 0.1) is 0 Å². The maximum absolute atomic E-state index is 11.5. The normalized spacial score (nSPS) is 19.6. The number of thiocarbonyl (C=S) groups is 1. The third-order valence-electron chi connectivity index (χ3n) is 14.4. The molecule has 1 fully saturated rings. The zero-order valence-corrected chi connectivity index (χ0v) is 46.6. The molecule has 2 rings (SSSR count). The minimum Gasteiger partial charge on any atom is -0.468 e. The van der Waals surface area contributed by atoms with Crippen LogP contribution in [0.4, 0.5) is 5.69 Å². The number of rotatable bonds is 48. The van der Waals surface area contributed by atoms with Crippen molar-refractivity contribution in [2.75, 3.05) is 31.3 Å². The highest BCUT2D eigenvalue weighted by Crippen LogP contribution is 2.25. The smallest absolute Gasteiger partial charge is 0.261 e. The molecule has 10 nitrogen and oxygen atoms in total. The van der Waals surface area contributed by atoms with E-state index in [9.17, 15) is 25.5 Å². The van der Waals surface area contributed by atoms with Crippen LogP contribution in [0.3, 0.4) is 0 Å². The molecular weight excluding hydrogens is 917 g/mol. The van der Waals surface area contributed by atoms with Crippen molar-refractivity contribution in [3.8, 4) is 0 Å². The van der Waals surface area contributed by atoms with Crippen molar-refractivity contribution >= 4 is 34.8 Å². The molecule has 0 radical (unpaired) electrons. The van der Waals surface area contributed by atoms with Gasteiger partial charge in [-0.15, -0.1) is 11.8 Å². The average Bonchev–Trinajstić information content (AvgIpc) is 3.36. The second kappa shape index (κ2) is 45.3. The fourth-order valence-corrected chi connectivity index (χ4v) is 10.3. The number of anilines is 1. The summed E-state index contributed by atoms with van der Waals surface area (Å²) < 4.78 is 17.7. The van der Waals surface area contributed by atoms with E-state index < -0.39 is 49.0 Å². The molecule has 0 spiro atoms. The van der Waals surface area contributed by atoms with Gasteiger partial charge in [0.2, 0.25) is 0 Å². The molecule has 410 valence electrons. The molecule has 1 aromatic carbocycles. The lowest BCUT2D eigenvalue weighted by Gasteiger charge is -2.40. The first kappa shape index (κ1) is 65.1. The molecule has 0 bridgehead atoms. The van der Waals surface area contributed by atoms with Crippen LogP contribution >= 0.6 is 24.0 Å². The SMILES string of the molecule is CCCCCCCCCCCCCCCCCCCCCCCCCCN[C@@H](CO[C@H]1O[C@H](COC(=S)Nc2cccc(SC)c2)[C@H](O)[C@H](O)[C@H]1O)[C@H](O)[C@H](O)CCCCCCCCCCCCCC. The topological polar surface area (TPSA) is 153 Å². The van der Waals surface area contributed by atoms with Crippen LogP contribution in [0.2, 0.25) is 0 Å². The number of ether oxygens (including phenoxy) is 3.